The number of pyridine rings is 1. The Hall–Kier alpha value is -1.91. The van der Waals surface area contributed by atoms with Gasteiger partial charge >= 0.3 is 5.97 Å². The first-order valence-electron chi connectivity index (χ1n) is 6.76. The summed E-state index contributed by atoms with van der Waals surface area (Å²) in [6.45, 7) is 7.63. The predicted molar refractivity (Wildman–Crippen MR) is 77.5 cm³/mol. The molecule has 1 amide bonds. The van der Waals surface area contributed by atoms with Gasteiger partial charge in [-0.2, -0.15) is 0 Å². The molecule has 1 rings (SSSR count). The Morgan fingerprint density at radius 3 is 2.30 bits per heavy atom. The number of carbonyl (C=O) groups excluding carboxylic acids is 1. The van der Waals surface area contributed by atoms with Gasteiger partial charge in [-0.25, -0.2) is 0 Å². The minimum atomic E-state index is -1.06. The van der Waals surface area contributed by atoms with Crippen LogP contribution in [0.4, 0.5) is 5.69 Å². The molecule has 0 aliphatic rings. The predicted octanol–water partition coefficient (Wildman–Crippen LogP) is 2.57. The van der Waals surface area contributed by atoms with E-state index in [1.165, 1.54) is 0 Å². The van der Waals surface area contributed by atoms with Crippen molar-refractivity contribution in [3.05, 3.63) is 24.5 Å². The van der Waals surface area contributed by atoms with Crippen LogP contribution in [0.15, 0.2) is 24.5 Å². The number of anilines is 1. The van der Waals surface area contributed by atoms with E-state index in [1.54, 1.807) is 36.4 Å². The average Bonchev–Trinajstić information content (AvgIpc) is 2.40. The lowest BCUT2D eigenvalue weighted by molar-refractivity contribution is -0.153. The van der Waals surface area contributed by atoms with Crippen LogP contribution in [-0.2, 0) is 9.59 Å². The van der Waals surface area contributed by atoms with Crippen molar-refractivity contribution in [2.75, 3.05) is 11.4 Å². The van der Waals surface area contributed by atoms with Gasteiger partial charge in [0.25, 0.3) is 0 Å². The first kappa shape index (κ1) is 16.1. The number of hydrogen-bond acceptors (Lipinski definition) is 3. The summed E-state index contributed by atoms with van der Waals surface area (Å²) in [4.78, 5) is 29.4. The fourth-order valence-electron chi connectivity index (χ4n) is 1.96. The number of aromatic nitrogens is 1. The van der Waals surface area contributed by atoms with Crippen molar-refractivity contribution < 1.29 is 14.7 Å². The van der Waals surface area contributed by atoms with Gasteiger partial charge in [0.15, 0.2) is 0 Å². The third kappa shape index (κ3) is 3.35. The minimum Gasteiger partial charge on any atom is -0.481 e. The van der Waals surface area contributed by atoms with Crippen molar-refractivity contribution in [2.45, 2.75) is 34.1 Å². The van der Waals surface area contributed by atoms with Crippen molar-refractivity contribution in [3.63, 3.8) is 0 Å². The van der Waals surface area contributed by atoms with Crippen LogP contribution in [0, 0.1) is 11.3 Å². The highest BCUT2D eigenvalue weighted by Crippen LogP contribution is 2.32. The van der Waals surface area contributed by atoms with Crippen LogP contribution in [0.1, 0.15) is 34.1 Å². The first-order chi connectivity index (χ1) is 9.32. The molecule has 0 aliphatic heterocycles. The number of nitrogens with zero attached hydrogens (tertiary/aromatic N) is 2. The van der Waals surface area contributed by atoms with Gasteiger partial charge in [-0.15, -0.1) is 0 Å². The number of carboxylic acids is 1. The second kappa shape index (κ2) is 6.50. The van der Waals surface area contributed by atoms with Gasteiger partial charge in [0, 0.05) is 31.0 Å². The molecule has 0 aliphatic carbocycles. The van der Waals surface area contributed by atoms with E-state index in [-0.39, 0.29) is 18.2 Å². The number of hydrogen-bond donors (Lipinski definition) is 1. The Labute approximate surface area is 119 Å². The largest absolute Gasteiger partial charge is 0.481 e. The molecule has 0 bridgehead atoms. The summed E-state index contributed by atoms with van der Waals surface area (Å²) in [6, 6.07) is 3.49. The summed E-state index contributed by atoms with van der Waals surface area (Å²) in [5, 5.41) is 9.40. The third-order valence-corrected chi connectivity index (χ3v) is 3.87. The molecule has 1 aromatic rings. The molecule has 110 valence electrons. The molecule has 1 N–H and O–H groups in total. The Kier molecular flexibility index (Phi) is 5.25. The molecule has 1 aromatic heterocycles. The van der Waals surface area contributed by atoms with Crippen LogP contribution in [0.5, 0.6) is 0 Å². The summed E-state index contributed by atoms with van der Waals surface area (Å²) in [7, 11) is 0. The summed E-state index contributed by atoms with van der Waals surface area (Å²) in [6.07, 6.45) is 3.21. The van der Waals surface area contributed by atoms with Crippen LogP contribution in [0.2, 0.25) is 0 Å². The number of aliphatic carboxylic acids is 1. The van der Waals surface area contributed by atoms with E-state index >= 15 is 0 Å². The van der Waals surface area contributed by atoms with Gasteiger partial charge in [-0.1, -0.05) is 13.8 Å². The van der Waals surface area contributed by atoms with Crippen molar-refractivity contribution in [1.82, 2.24) is 4.98 Å². The standard InChI is InChI=1S/C15H22N2O3/c1-5-17(12-6-8-16-9-7-12)13(18)10-15(4,11(2)3)14(19)20/h6-9,11H,5,10H2,1-4H3,(H,19,20). The quantitative estimate of drug-likeness (QED) is 0.868. The van der Waals surface area contributed by atoms with Gasteiger partial charge in [-0.05, 0) is 31.9 Å². The molecule has 0 spiro atoms. The number of amides is 1. The smallest absolute Gasteiger partial charge is 0.310 e. The van der Waals surface area contributed by atoms with Crippen LogP contribution in [0.3, 0.4) is 0 Å². The molecule has 0 fully saturated rings. The van der Waals surface area contributed by atoms with Gasteiger partial charge in [0.2, 0.25) is 5.91 Å². The molecule has 1 heterocycles. The molecule has 0 saturated heterocycles. The number of carbonyl (C=O) groups is 2. The molecular weight excluding hydrogens is 256 g/mol. The Morgan fingerprint density at radius 2 is 1.90 bits per heavy atom. The lowest BCUT2D eigenvalue weighted by Crippen LogP contribution is -2.41. The number of rotatable bonds is 6. The zero-order chi connectivity index (χ0) is 15.3. The maximum atomic E-state index is 12.4. The summed E-state index contributed by atoms with van der Waals surface area (Å²) in [5.74, 6) is -1.25. The molecule has 20 heavy (non-hydrogen) atoms. The van der Waals surface area contributed by atoms with E-state index in [2.05, 4.69) is 4.98 Å². The van der Waals surface area contributed by atoms with E-state index in [9.17, 15) is 14.7 Å². The maximum absolute atomic E-state index is 12.4. The lowest BCUT2D eigenvalue weighted by Gasteiger charge is -2.31. The van der Waals surface area contributed by atoms with Crippen molar-refractivity contribution in [3.8, 4) is 0 Å². The Morgan fingerprint density at radius 1 is 1.35 bits per heavy atom. The maximum Gasteiger partial charge on any atom is 0.310 e. The third-order valence-electron chi connectivity index (χ3n) is 3.87. The second-order valence-electron chi connectivity index (χ2n) is 5.40. The highest BCUT2D eigenvalue weighted by Gasteiger charge is 2.39. The van der Waals surface area contributed by atoms with Gasteiger partial charge in [0.1, 0.15) is 0 Å². The molecule has 0 saturated carbocycles. The number of carboxylic acid groups (broad SMARTS) is 1. The fourth-order valence-corrected chi connectivity index (χ4v) is 1.96. The summed E-state index contributed by atoms with van der Waals surface area (Å²) < 4.78 is 0. The van der Waals surface area contributed by atoms with Crippen molar-refractivity contribution in [2.24, 2.45) is 11.3 Å². The molecule has 5 nitrogen and oxygen atoms in total. The minimum absolute atomic E-state index is 0.0177. The highest BCUT2D eigenvalue weighted by atomic mass is 16.4. The molecule has 0 aromatic carbocycles. The zero-order valence-electron chi connectivity index (χ0n) is 12.5. The molecule has 0 radical (unpaired) electrons. The monoisotopic (exact) mass is 278 g/mol. The molecule has 5 heteroatoms. The van der Waals surface area contributed by atoms with Gasteiger partial charge in [0.05, 0.1) is 5.41 Å². The fraction of sp³-hybridized carbons (Fsp3) is 0.533. The summed E-state index contributed by atoms with van der Waals surface area (Å²) in [5.41, 5.74) is -0.318. The average molecular weight is 278 g/mol. The molecular formula is C15H22N2O3. The van der Waals surface area contributed by atoms with E-state index in [0.717, 1.165) is 5.69 Å². The van der Waals surface area contributed by atoms with E-state index in [1.807, 2.05) is 20.8 Å². The topological polar surface area (TPSA) is 70.5 Å². The van der Waals surface area contributed by atoms with Crippen LogP contribution < -0.4 is 4.90 Å². The van der Waals surface area contributed by atoms with E-state index in [0.29, 0.717) is 6.54 Å². The van der Waals surface area contributed by atoms with E-state index in [4.69, 9.17) is 0 Å². The van der Waals surface area contributed by atoms with E-state index < -0.39 is 11.4 Å². The van der Waals surface area contributed by atoms with Crippen LogP contribution in [-0.4, -0.2) is 28.5 Å². The van der Waals surface area contributed by atoms with Crippen molar-refractivity contribution in [1.29, 1.82) is 0 Å². The van der Waals surface area contributed by atoms with Gasteiger partial charge < -0.3 is 10.0 Å². The van der Waals surface area contributed by atoms with Crippen molar-refractivity contribution >= 4 is 17.6 Å². The van der Waals surface area contributed by atoms with Gasteiger partial charge in [-0.3, -0.25) is 14.6 Å². The van der Waals surface area contributed by atoms with Crippen LogP contribution in [0.25, 0.3) is 0 Å². The lowest BCUT2D eigenvalue weighted by atomic mass is 9.76. The Balaban J connectivity index is 2.96. The Bertz CT molecular complexity index is 473. The summed E-state index contributed by atoms with van der Waals surface area (Å²) >= 11 is 0. The second-order valence-corrected chi connectivity index (χ2v) is 5.40. The normalized spacial score (nSPS) is 13.8. The first-order valence-corrected chi connectivity index (χ1v) is 6.76. The SMILES string of the molecule is CCN(C(=O)CC(C)(C(=O)O)C(C)C)c1ccncc1. The van der Waals surface area contributed by atoms with Crippen LogP contribution >= 0.6 is 0 Å². The highest BCUT2D eigenvalue weighted by molar-refractivity contribution is 5.96. The molecule has 1 unspecified atom stereocenters. The molecule has 1 atom stereocenters. The zero-order valence-corrected chi connectivity index (χ0v) is 12.5.